The lowest BCUT2D eigenvalue weighted by atomic mass is 10.3. The van der Waals surface area contributed by atoms with Crippen LogP contribution in [0.15, 0.2) is 23.8 Å². The van der Waals surface area contributed by atoms with Crippen molar-refractivity contribution in [3.05, 3.63) is 23.8 Å². The number of hydrogen-bond donors (Lipinski definition) is 1. The second-order valence-corrected chi connectivity index (χ2v) is 2.29. The van der Waals surface area contributed by atoms with E-state index in [4.69, 9.17) is 9.90 Å². The first-order valence-electron chi connectivity index (χ1n) is 3.46. The minimum absolute atomic E-state index is 0.833. The summed E-state index contributed by atoms with van der Waals surface area (Å²) in [5.74, 6) is -0.833. The van der Waals surface area contributed by atoms with Crippen LogP contribution in [0.25, 0.3) is 0 Å². The van der Waals surface area contributed by atoms with Gasteiger partial charge in [0.05, 0.1) is 0 Å². The first kappa shape index (κ1) is 12.6. The van der Waals surface area contributed by atoms with E-state index in [0.29, 0.717) is 0 Å². The van der Waals surface area contributed by atoms with Crippen LogP contribution in [0.4, 0.5) is 0 Å². The predicted molar refractivity (Wildman–Crippen MR) is 47.6 cm³/mol. The lowest BCUT2D eigenvalue weighted by Crippen LogP contribution is -1.78. The molecule has 0 fully saturated rings. The van der Waals surface area contributed by atoms with Crippen LogP contribution in [0.1, 0.15) is 27.7 Å². The quantitative estimate of drug-likeness (QED) is 0.592. The highest BCUT2D eigenvalue weighted by molar-refractivity contribution is 5.62. The van der Waals surface area contributed by atoms with Crippen molar-refractivity contribution < 1.29 is 9.90 Å². The number of rotatable bonds is 1. The minimum Gasteiger partial charge on any atom is -0.481 e. The Labute approximate surface area is 68.2 Å². The van der Waals surface area contributed by atoms with E-state index < -0.39 is 5.97 Å². The molecule has 0 atom stereocenters. The fraction of sp³-hybridized carbons (Fsp3) is 0.444. The molecule has 0 aromatic carbocycles. The van der Waals surface area contributed by atoms with E-state index in [0.717, 1.165) is 6.92 Å². The van der Waals surface area contributed by atoms with E-state index in [1.165, 1.54) is 5.57 Å². The first-order valence-corrected chi connectivity index (χ1v) is 3.46. The standard InChI is InChI=1S/C7H12.C2H4O2/c1-4-5-6-7(2)3;1-2(3)4/h4-6H,1-3H3;1H3,(H,3,4)/b5-4-;. The van der Waals surface area contributed by atoms with Gasteiger partial charge in [-0.25, -0.2) is 0 Å². The SMILES string of the molecule is C/C=C\C=C(C)C.CC(=O)O. The molecule has 0 bridgehead atoms. The molecule has 0 spiro atoms. The Morgan fingerprint density at radius 2 is 1.64 bits per heavy atom. The maximum absolute atomic E-state index is 9.00. The number of hydrogen-bond acceptors (Lipinski definition) is 1. The van der Waals surface area contributed by atoms with Crippen molar-refractivity contribution in [1.29, 1.82) is 0 Å². The first-order chi connectivity index (χ1) is 5.00. The third-order valence-corrected chi connectivity index (χ3v) is 0.622. The van der Waals surface area contributed by atoms with Crippen LogP contribution in [0, 0.1) is 0 Å². The smallest absolute Gasteiger partial charge is 0.300 e. The summed E-state index contributed by atoms with van der Waals surface area (Å²) >= 11 is 0. The molecule has 1 N–H and O–H groups in total. The van der Waals surface area contributed by atoms with Crippen molar-refractivity contribution in [3.8, 4) is 0 Å². The molecule has 64 valence electrons. The van der Waals surface area contributed by atoms with Crippen LogP contribution >= 0.6 is 0 Å². The molecule has 0 aromatic heterocycles. The van der Waals surface area contributed by atoms with Gasteiger partial charge in [0.15, 0.2) is 0 Å². The molecular weight excluding hydrogens is 140 g/mol. The number of carboxylic acids is 1. The Morgan fingerprint density at radius 1 is 1.27 bits per heavy atom. The third-order valence-electron chi connectivity index (χ3n) is 0.622. The summed E-state index contributed by atoms with van der Waals surface area (Å²) in [5.41, 5.74) is 1.35. The number of carbonyl (C=O) groups is 1. The summed E-state index contributed by atoms with van der Waals surface area (Å²) in [7, 11) is 0. The molecule has 0 saturated heterocycles. The summed E-state index contributed by atoms with van der Waals surface area (Å²) in [6.45, 7) is 7.26. The Kier molecular flexibility index (Phi) is 10.3. The van der Waals surface area contributed by atoms with Gasteiger partial charge in [0.1, 0.15) is 0 Å². The lowest BCUT2D eigenvalue weighted by molar-refractivity contribution is -0.134. The van der Waals surface area contributed by atoms with Gasteiger partial charge in [-0.2, -0.15) is 0 Å². The van der Waals surface area contributed by atoms with Crippen molar-refractivity contribution in [2.75, 3.05) is 0 Å². The van der Waals surface area contributed by atoms with Gasteiger partial charge in [-0.1, -0.05) is 23.8 Å². The molecule has 0 amide bonds. The van der Waals surface area contributed by atoms with E-state index in [1.807, 2.05) is 19.1 Å². The maximum atomic E-state index is 9.00. The van der Waals surface area contributed by atoms with Gasteiger partial charge in [0.2, 0.25) is 0 Å². The van der Waals surface area contributed by atoms with Crippen LogP contribution in [0.2, 0.25) is 0 Å². The van der Waals surface area contributed by atoms with E-state index >= 15 is 0 Å². The van der Waals surface area contributed by atoms with Crippen molar-refractivity contribution in [1.82, 2.24) is 0 Å². The monoisotopic (exact) mass is 156 g/mol. The fourth-order valence-electron chi connectivity index (χ4n) is 0.289. The molecule has 2 nitrogen and oxygen atoms in total. The van der Waals surface area contributed by atoms with Gasteiger partial charge in [-0.15, -0.1) is 0 Å². The maximum Gasteiger partial charge on any atom is 0.300 e. The molecule has 0 unspecified atom stereocenters. The molecule has 0 aromatic rings. The molecule has 0 aliphatic rings. The Bertz CT molecular complexity index is 147. The van der Waals surface area contributed by atoms with E-state index in [9.17, 15) is 0 Å². The van der Waals surface area contributed by atoms with E-state index in [-0.39, 0.29) is 0 Å². The van der Waals surface area contributed by atoms with Gasteiger partial charge in [0, 0.05) is 6.92 Å². The predicted octanol–water partition coefficient (Wildman–Crippen LogP) is 2.62. The molecule has 0 heterocycles. The second-order valence-electron chi connectivity index (χ2n) is 2.29. The minimum atomic E-state index is -0.833. The summed E-state index contributed by atoms with van der Waals surface area (Å²) in [5, 5.41) is 7.42. The van der Waals surface area contributed by atoms with Gasteiger partial charge in [-0.05, 0) is 20.8 Å². The second kappa shape index (κ2) is 8.95. The van der Waals surface area contributed by atoms with Crippen molar-refractivity contribution >= 4 is 5.97 Å². The zero-order valence-electron chi connectivity index (χ0n) is 7.59. The highest BCUT2D eigenvalue weighted by atomic mass is 16.4. The molecular formula is C9H16O2. The summed E-state index contributed by atoms with van der Waals surface area (Å²) in [6, 6.07) is 0. The van der Waals surface area contributed by atoms with Crippen molar-refractivity contribution in [3.63, 3.8) is 0 Å². The average molecular weight is 156 g/mol. The zero-order valence-corrected chi connectivity index (χ0v) is 7.59. The molecule has 2 heteroatoms. The largest absolute Gasteiger partial charge is 0.481 e. The van der Waals surface area contributed by atoms with Crippen LogP contribution in [0.3, 0.4) is 0 Å². The lowest BCUT2D eigenvalue weighted by Gasteiger charge is -1.77. The van der Waals surface area contributed by atoms with E-state index in [2.05, 4.69) is 19.9 Å². The molecule has 11 heavy (non-hydrogen) atoms. The Balaban J connectivity index is 0. The summed E-state index contributed by atoms with van der Waals surface area (Å²) in [6.07, 6.45) is 6.14. The highest BCUT2D eigenvalue weighted by Gasteiger charge is 1.65. The van der Waals surface area contributed by atoms with E-state index in [1.54, 1.807) is 0 Å². The van der Waals surface area contributed by atoms with Crippen LogP contribution in [-0.2, 0) is 4.79 Å². The normalized spacial score (nSPS) is 8.36. The highest BCUT2D eigenvalue weighted by Crippen LogP contribution is 1.87. The number of aliphatic carboxylic acids is 1. The fourth-order valence-corrected chi connectivity index (χ4v) is 0.289. The number of allylic oxidation sites excluding steroid dienone is 4. The molecule has 0 rings (SSSR count). The van der Waals surface area contributed by atoms with Gasteiger partial charge in [-0.3, -0.25) is 4.79 Å². The van der Waals surface area contributed by atoms with Crippen LogP contribution < -0.4 is 0 Å². The molecule has 0 aliphatic heterocycles. The number of carboxylic acid groups (broad SMARTS) is 1. The topological polar surface area (TPSA) is 37.3 Å². The van der Waals surface area contributed by atoms with Crippen molar-refractivity contribution in [2.45, 2.75) is 27.7 Å². The van der Waals surface area contributed by atoms with Crippen LogP contribution in [0.5, 0.6) is 0 Å². The zero-order chi connectivity index (χ0) is 9.28. The van der Waals surface area contributed by atoms with Gasteiger partial charge >= 0.3 is 0 Å². The van der Waals surface area contributed by atoms with Gasteiger partial charge in [0.25, 0.3) is 5.97 Å². The average Bonchev–Trinajstić information content (AvgIpc) is 1.82. The Morgan fingerprint density at radius 3 is 1.73 bits per heavy atom. The van der Waals surface area contributed by atoms with Gasteiger partial charge < -0.3 is 5.11 Å². The molecule has 0 radical (unpaired) electrons. The molecule has 0 saturated carbocycles. The summed E-state index contributed by atoms with van der Waals surface area (Å²) in [4.78, 5) is 9.00. The Hall–Kier alpha value is -1.05. The van der Waals surface area contributed by atoms with Crippen LogP contribution in [-0.4, -0.2) is 11.1 Å². The summed E-state index contributed by atoms with van der Waals surface area (Å²) < 4.78 is 0. The third kappa shape index (κ3) is 49.7. The molecule has 0 aliphatic carbocycles. The van der Waals surface area contributed by atoms with Crippen molar-refractivity contribution in [2.24, 2.45) is 0 Å².